The number of anilines is 2. The lowest BCUT2D eigenvalue weighted by molar-refractivity contribution is 0.102. The summed E-state index contributed by atoms with van der Waals surface area (Å²) in [6.45, 7) is 10.3. The first kappa shape index (κ1) is 17.0. The fraction of sp³-hybridized carbons (Fsp3) is 0.368. The molecule has 0 fully saturated rings. The van der Waals surface area contributed by atoms with Crippen LogP contribution >= 0.6 is 0 Å². The number of benzene rings is 1. The molecule has 0 bridgehead atoms. The molecule has 4 nitrogen and oxygen atoms in total. The van der Waals surface area contributed by atoms with Gasteiger partial charge in [-0.2, -0.15) is 0 Å². The smallest absolute Gasteiger partial charge is 0.274 e. The van der Waals surface area contributed by atoms with Gasteiger partial charge in [0.2, 0.25) is 0 Å². The Labute approximate surface area is 138 Å². The van der Waals surface area contributed by atoms with E-state index in [1.54, 1.807) is 12.3 Å². The van der Waals surface area contributed by atoms with Crippen molar-refractivity contribution >= 4 is 17.3 Å². The molecule has 1 aromatic carbocycles. The van der Waals surface area contributed by atoms with Gasteiger partial charge in [-0.25, -0.2) is 4.98 Å². The predicted molar refractivity (Wildman–Crippen MR) is 96.2 cm³/mol. The van der Waals surface area contributed by atoms with E-state index in [4.69, 9.17) is 0 Å². The lowest BCUT2D eigenvalue weighted by Gasteiger charge is -2.14. The van der Waals surface area contributed by atoms with Crippen LogP contribution in [0.1, 0.15) is 47.4 Å². The van der Waals surface area contributed by atoms with E-state index in [9.17, 15) is 4.79 Å². The van der Waals surface area contributed by atoms with Gasteiger partial charge in [0.1, 0.15) is 5.69 Å². The van der Waals surface area contributed by atoms with Crippen molar-refractivity contribution in [3.05, 3.63) is 52.8 Å². The van der Waals surface area contributed by atoms with Gasteiger partial charge in [-0.3, -0.25) is 4.79 Å². The van der Waals surface area contributed by atoms with E-state index < -0.39 is 0 Å². The molecule has 122 valence electrons. The van der Waals surface area contributed by atoms with E-state index in [1.807, 2.05) is 19.9 Å². The monoisotopic (exact) mass is 311 g/mol. The van der Waals surface area contributed by atoms with E-state index in [0.29, 0.717) is 11.7 Å². The van der Waals surface area contributed by atoms with E-state index in [0.717, 1.165) is 28.9 Å². The number of carbonyl (C=O) groups is 1. The van der Waals surface area contributed by atoms with E-state index in [2.05, 4.69) is 48.5 Å². The summed E-state index contributed by atoms with van der Waals surface area (Å²) in [6.07, 6.45) is 2.74. The summed E-state index contributed by atoms with van der Waals surface area (Å²) in [5.74, 6) is -0.185. The van der Waals surface area contributed by atoms with Crippen LogP contribution in [0.25, 0.3) is 0 Å². The fourth-order valence-corrected chi connectivity index (χ4v) is 2.55. The number of carbonyl (C=O) groups excluding carboxylic acids is 1. The van der Waals surface area contributed by atoms with Gasteiger partial charge in [0.25, 0.3) is 5.91 Å². The Balaban J connectivity index is 2.12. The molecule has 1 heterocycles. The zero-order valence-electron chi connectivity index (χ0n) is 14.5. The van der Waals surface area contributed by atoms with E-state index in [1.165, 1.54) is 5.56 Å². The number of nitrogens with zero attached hydrogens (tertiary/aromatic N) is 1. The van der Waals surface area contributed by atoms with Gasteiger partial charge in [0.15, 0.2) is 0 Å². The van der Waals surface area contributed by atoms with E-state index in [-0.39, 0.29) is 5.91 Å². The number of hydrogen-bond acceptors (Lipinski definition) is 3. The minimum absolute atomic E-state index is 0.185. The van der Waals surface area contributed by atoms with Crippen LogP contribution in [0.5, 0.6) is 0 Å². The minimum Gasteiger partial charge on any atom is -0.381 e. The largest absolute Gasteiger partial charge is 0.381 e. The number of nitrogens with one attached hydrogen (secondary N) is 2. The number of aromatic nitrogens is 1. The van der Waals surface area contributed by atoms with Crippen molar-refractivity contribution in [3.8, 4) is 0 Å². The predicted octanol–water partition coefficient (Wildman–Crippen LogP) is 4.47. The number of aryl methyl sites for hydroxylation is 3. The van der Waals surface area contributed by atoms with Crippen LogP contribution in [-0.4, -0.2) is 16.9 Å². The average molecular weight is 311 g/mol. The first-order valence-corrected chi connectivity index (χ1v) is 8.02. The highest BCUT2D eigenvalue weighted by atomic mass is 16.1. The second-order valence-corrected chi connectivity index (χ2v) is 6.11. The molecule has 0 spiro atoms. The summed E-state index contributed by atoms with van der Waals surface area (Å²) in [5, 5.41) is 6.31. The highest BCUT2D eigenvalue weighted by Gasteiger charge is 2.11. The number of hydrogen-bond donors (Lipinski definition) is 2. The minimum atomic E-state index is -0.185. The van der Waals surface area contributed by atoms with Crippen LogP contribution in [0, 0.1) is 20.8 Å². The molecular weight excluding hydrogens is 286 g/mol. The average Bonchev–Trinajstić information content (AvgIpc) is 2.51. The molecule has 0 radical (unpaired) electrons. The van der Waals surface area contributed by atoms with Crippen molar-refractivity contribution < 1.29 is 4.79 Å². The fourth-order valence-electron chi connectivity index (χ4n) is 2.55. The first-order valence-electron chi connectivity index (χ1n) is 8.02. The van der Waals surface area contributed by atoms with Crippen molar-refractivity contribution in [1.82, 2.24) is 4.98 Å². The molecule has 0 aliphatic rings. The molecule has 0 saturated heterocycles. The molecule has 4 heteroatoms. The second-order valence-electron chi connectivity index (χ2n) is 6.11. The van der Waals surface area contributed by atoms with Gasteiger partial charge in [0, 0.05) is 11.7 Å². The van der Waals surface area contributed by atoms with Gasteiger partial charge >= 0.3 is 0 Å². The molecule has 0 aliphatic carbocycles. The topological polar surface area (TPSA) is 54.0 Å². The lowest BCUT2D eigenvalue weighted by atomic mass is 10.0. The van der Waals surface area contributed by atoms with Crippen molar-refractivity contribution in [2.24, 2.45) is 0 Å². The van der Waals surface area contributed by atoms with Crippen LogP contribution in [0.15, 0.2) is 30.5 Å². The number of rotatable bonds is 5. The number of amides is 1. The Bertz CT molecular complexity index is 669. The third-order valence-corrected chi connectivity index (χ3v) is 3.94. The second kappa shape index (κ2) is 7.27. The Morgan fingerprint density at radius 3 is 2.35 bits per heavy atom. The standard InChI is InChI=1S/C19H25N3O/c1-6-15(5)21-16-7-8-17(20-11-16)19(23)22-18-13(3)9-12(2)10-14(18)4/h7-11,15,21H,6H2,1-5H3,(H,22,23). The third-order valence-electron chi connectivity index (χ3n) is 3.94. The summed E-state index contributed by atoms with van der Waals surface area (Å²) in [6, 6.07) is 8.15. The summed E-state index contributed by atoms with van der Waals surface area (Å²) in [4.78, 5) is 16.7. The Hall–Kier alpha value is -2.36. The van der Waals surface area contributed by atoms with Gasteiger partial charge in [0.05, 0.1) is 11.9 Å². The van der Waals surface area contributed by atoms with Crippen LogP contribution in [0.2, 0.25) is 0 Å². The summed E-state index contributed by atoms with van der Waals surface area (Å²) < 4.78 is 0. The summed E-state index contributed by atoms with van der Waals surface area (Å²) in [5.41, 5.74) is 5.52. The van der Waals surface area contributed by atoms with Crippen LogP contribution in [-0.2, 0) is 0 Å². The van der Waals surface area contributed by atoms with Crippen molar-refractivity contribution in [2.45, 2.75) is 47.1 Å². The quantitative estimate of drug-likeness (QED) is 0.856. The van der Waals surface area contributed by atoms with E-state index >= 15 is 0 Å². The summed E-state index contributed by atoms with van der Waals surface area (Å²) >= 11 is 0. The van der Waals surface area contributed by atoms with Crippen LogP contribution in [0.4, 0.5) is 11.4 Å². The molecule has 2 rings (SSSR count). The van der Waals surface area contributed by atoms with Gasteiger partial charge in [-0.05, 0) is 57.4 Å². The molecule has 0 saturated carbocycles. The molecule has 1 atom stereocenters. The zero-order valence-corrected chi connectivity index (χ0v) is 14.5. The van der Waals surface area contributed by atoms with Crippen LogP contribution < -0.4 is 10.6 Å². The van der Waals surface area contributed by atoms with Gasteiger partial charge < -0.3 is 10.6 Å². The molecule has 2 N–H and O–H groups in total. The molecule has 23 heavy (non-hydrogen) atoms. The SMILES string of the molecule is CCC(C)Nc1ccc(C(=O)Nc2c(C)cc(C)cc2C)nc1. The van der Waals surface area contributed by atoms with Gasteiger partial charge in [-0.15, -0.1) is 0 Å². The van der Waals surface area contributed by atoms with Crippen molar-refractivity contribution in [2.75, 3.05) is 10.6 Å². The highest BCUT2D eigenvalue weighted by Crippen LogP contribution is 2.22. The Morgan fingerprint density at radius 2 is 1.83 bits per heavy atom. The zero-order chi connectivity index (χ0) is 17.0. The maximum Gasteiger partial charge on any atom is 0.274 e. The molecular formula is C19H25N3O. The van der Waals surface area contributed by atoms with Gasteiger partial charge in [-0.1, -0.05) is 24.6 Å². The first-order chi connectivity index (χ1) is 10.9. The molecule has 1 unspecified atom stereocenters. The molecule has 2 aromatic rings. The van der Waals surface area contributed by atoms with Crippen molar-refractivity contribution in [3.63, 3.8) is 0 Å². The van der Waals surface area contributed by atoms with Crippen molar-refractivity contribution in [1.29, 1.82) is 0 Å². The number of pyridine rings is 1. The normalized spacial score (nSPS) is 11.9. The third kappa shape index (κ3) is 4.31. The van der Waals surface area contributed by atoms with Crippen LogP contribution in [0.3, 0.4) is 0 Å². The maximum atomic E-state index is 12.4. The Morgan fingerprint density at radius 1 is 1.17 bits per heavy atom. The molecule has 1 amide bonds. The summed E-state index contributed by atoms with van der Waals surface area (Å²) in [7, 11) is 0. The maximum absolute atomic E-state index is 12.4. The molecule has 1 aromatic heterocycles. The Kier molecular flexibility index (Phi) is 5.37. The lowest BCUT2D eigenvalue weighted by Crippen LogP contribution is -2.17. The highest BCUT2D eigenvalue weighted by molar-refractivity contribution is 6.03. The molecule has 0 aliphatic heterocycles.